The molecule has 0 saturated heterocycles. The van der Waals surface area contributed by atoms with Gasteiger partial charge in [0.2, 0.25) is 5.91 Å². The number of hydrogen-bond acceptors (Lipinski definition) is 6. The molecule has 0 aliphatic carbocycles. The van der Waals surface area contributed by atoms with Crippen LogP contribution < -0.4 is 21.9 Å². The maximum absolute atomic E-state index is 12.1. The number of amides is 1. The first kappa shape index (κ1) is 18.6. The summed E-state index contributed by atoms with van der Waals surface area (Å²) in [6, 6.07) is -0.376. The van der Waals surface area contributed by atoms with E-state index in [0.717, 1.165) is 0 Å². The zero-order valence-corrected chi connectivity index (χ0v) is 13.6. The standard InChI is InChI=1S/C14H22N4O5/c1-8(2)11(13(21)23-4)16-9(12(20)15-3)7-18-6-5-10(19)17-14(18)22/h5-6,8-9,11,16H,7H2,1-4H3,(H,15,20)(H,17,19,22). The average molecular weight is 326 g/mol. The Hall–Kier alpha value is -2.42. The van der Waals surface area contributed by atoms with Crippen LogP contribution in [0.3, 0.4) is 0 Å². The minimum atomic E-state index is -0.852. The van der Waals surface area contributed by atoms with Gasteiger partial charge < -0.3 is 10.1 Å². The molecule has 1 heterocycles. The third kappa shape index (κ3) is 5.06. The molecule has 128 valence electrons. The van der Waals surface area contributed by atoms with Gasteiger partial charge in [-0.2, -0.15) is 0 Å². The Morgan fingerprint density at radius 3 is 2.48 bits per heavy atom. The van der Waals surface area contributed by atoms with Gasteiger partial charge in [-0.3, -0.25) is 29.3 Å². The monoisotopic (exact) mass is 326 g/mol. The molecule has 2 atom stereocenters. The van der Waals surface area contributed by atoms with Gasteiger partial charge in [0.05, 0.1) is 13.7 Å². The van der Waals surface area contributed by atoms with Crippen molar-refractivity contribution in [2.24, 2.45) is 5.92 Å². The predicted octanol–water partition coefficient (Wildman–Crippen LogP) is -1.56. The molecule has 1 amide bonds. The van der Waals surface area contributed by atoms with Crippen LogP contribution in [0.5, 0.6) is 0 Å². The van der Waals surface area contributed by atoms with Crippen molar-refractivity contribution in [1.82, 2.24) is 20.2 Å². The number of esters is 1. The van der Waals surface area contributed by atoms with Crippen LogP contribution in [-0.2, 0) is 20.9 Å². The van der Waals surface area contributed by atoms with E-state index in [1.165, 1.54) is 31.0 Å². The normalized spacial score (nSPS) is 13.4. The number of ether oxygens (including phenoxy) is 1. The van der Waals surface area contributed by atoms with Gasteiger partial charge in [0.25, 0.3) is 5.56 Å². The second-order valence-corrected chi connectivity index (χ2v) is 5.34. The summed E-state index contributed by atoms with van der Waals surface area (Å²) in [5, 5.41) is 5.38. The highest BCUT2D eigenvalue weighted by Crippen LogP contribution is 2.06. The number of hydrogen-bond donors (Lipinski definition) is 3. The Labute approximate surface area is 133 Å². The van der Waals surface area contributed by atoms with Gasteiger partial charge in [-0.05, 0) is 5.92 Å². The fraction of sp³-hybridized carbons (Fsp3) is 0.571. The molecule has 9 heteroatoms. The zero-order valence-electron chi connectivity index (χ0n) is 13.6. The molecule has 3 N–H and O–H groups in total. The summed E-state index contributed by atoms with van der Waals surface area (Å²) in [4.78, 5) is 48.8. The molecule has 1 aromatic rings. The van der Waals surface area contributed by atoms with Crippen LogP contribution in [0.15, 0.2) is 21.9 Å². The predicted molar refractivity (Wildman–Crippen MR) is 83.0 cm³/mol. The molecule has 1 aromatic heterocycles. The molecular formula is C14H22N4O5. The number of nitrogens with one attached hydrogen (secondary N) is 3. The number of nitrogens with zero attached hydrogens (tertiary/aromatic N) is 1. The molecule has 0 aliphatic heterocycles. The highest BCUT2D eigenvalue weighted by Gasteiger charge is 2.29. The Morgan fingerprint density at radius 1 is 1.35 bits per heavy atom. The van der Waals surface area contributed by atoms with E-state index in [9.17, 15) is 19.2 Å². The molecule has 1 rings (SSSR count). The van der Waals surface area contributed by atoms with E-state index in [0.29, 0.717) is 0 Å². The first-order valence-electron chi connectivity index (χ1n) is 7.15. The molecule has 2 unspecified atom stereocenters. The lowest BCUT2D eigenvalue weighted by molar-refractivity contribution is -0.144. The highest BCUT2D eigenvalue weighted by atomic mass is 16.5. The smallest absolute Gasteiger partial charge is 0.328 e. The van der Waals surface area contributed by atoms with Gasteiger partial charge in [-0.15, -0.1) is 0 Å². The summed E-state index contributed by atoms with van der Waals surface area (Å²) >= 11 is 0. The van der Waals surface area contributed by atoms with Crippen LogP contribution in [0.2, 0.25) is 0 Å². The van der Waals surface area contributed by atoms with Crippen LogP contribution in [0.4, 0.5) is 0 Å². The molecule has 23 heavy (non-hydrogen) atoms. The molecule has 0 bridgehead atoms. The largest absolute Gasteiger partial charge is 0.468 e. The van der Waals surface area contributed by atoms with E-state index < -0.39 is 35.2 Å². The minimum absolute atomic E-state index is 0.0461. The van der Waals surface area contributed by atoms with Crippen molar-refractivity contribution in [3.8, 4) is 0 Å². The zero-order chi connectivity index (χ0) is 17.6. The number of H-pyrrole nitrogens is 1. The van der Waals surface area contributed by atoms with E-state index in [4.69, 9.17) is 4.74 Å². The van der Waals surface area contributed by atoms with Gasteiger partial charge in [0.15, 0.2) is 0 Å². The molecular weight excluding hydrogens is 304 g/mol. The SMILES string of the molecule is CNC(=O)C(Cn1ccc(=O)[nH]c1=O)NC(C(=O)OC)C(C)C. The summed E-state index contributed by atoms with van der Waals surface area (Å²) in [5.41, 5.74) is -1.15. The van der Waals surface area contributed by atoms with Gasteiger partial charge in [0, 0.05) is 19.3 Å². The highest BCUT2D eigenvalue weighted by molar-refractivity contribution is 5.83. The number of aromatic amines is 1. The third-order valence-electron chi connectivity index (χ3n) is 3.34. The maximum Gasteiger partial charge on any atom is 0.328 e. The third-order valence-corrected chi connectivity index (χ3v) is 3.34. The maximum atomic E-state index is 12.1. The van der Waals surface area contributed by atoms with Gasteiger partial charge in [-0.1, -0.05) is 13.8 Å². The fourth-order valence-electron chi connectivity index (χ4n) is 2.05. The summed E-state index contributed by atoms with van der Waals surface area (Å²) < 4.78 is 5.91. The van der Waals surface area contributed by atoms with Crippen molar-refractivity contribution in [3.63, 3.8) is 0 Å². The lowest BCUT2D eigenvalue weighted by Crippen LogP contribution is -2.55. The first-order chi connectivity index (χ1) is 10.8. The second-order valence-electron chi connectivity index (χ2n) is 5.34. The van der Waals surface area contributed by atoms with Crippen molar-refractivity contribution in [3.05, 3.63) is 33.1 Å². The van der Waals surface area contributed by atoms with Crippen LogP contribution in [0.1, 0.15) is 13.8 Å². The molecule has 0 aromatic carbocycles. The molecule has 0 aliphatic rings. The quantitative estimate of drug-likeness (QED) is 0.521. The van der Waals surface area contributed by atoms with E-state index in [2.05, 4.69) is 15.6 Å². The van der Waals surface area contributed by atoms with Crippen LogP contribution in [0.25, 0.3) is 0 Å². The number of carbonyl (C=O) groups excluding carboxylic acids is 2. The molecule has 9 nitrogen and oxygen atoms in total. The van der Waals surface area contributed by atoms with E-state index >= 15 is 0 Å². The van der Waals surface area contributed by atoms with Gasteiger partial charge in [-0.25, -0.2) is 4.79 Å². The Bertz CT molecular complexity index is 664. The molecule has 0 spiro atoms. The van der Waals surface area contributed by atoms with Gasteiger partial charge >= 0.3 is 11.7 Å². The number of likely N-dealkylation sites (N-methyl/N-ethyl adjacent to an activating group) is 1. The average Bonchev–Trinajstić information content (AvgIpc) is 2.51. The van der Waals surface area contributed by atoms with Crippen LogP contribution >= 0.6 is 0 Å². The van der Waals surface area contributed by atoms with E-state index in [1.54, 1.807) is 0 Å². The molecule has 0 fully saturated rings. The lowest BCUT2D eigenvalue weighted by atomic mass is 10.0. The van der Waals surface area contributed by atoms with Gasteiger partial charge in [0.1, 0.15) is 12.1 Å². The summed E-state index contributed by atoms with van der Waals surface area (Å²) in [5.74, 6) is -1.01. The Balaban J connectivity index is 3.04. The Kier molecular flexibility index (Phi) is 6.70. The summed E-state index contributed by atoms with van der Waals surface area (Å²) in [6.07, 6.45) is 1.29. The van der Waals surface area contributed by atoms with Crippen molar-refractivity contribution < 1.29 is 14.3 Å². The lowest BCUT2D eigenvalue weighted by Gasteiger charge is -2.26. The molecule has 0 radical (unpaired) electrons. The minimum Gasteiger partial charge on any atom is -0.468 e. The topological polar surface area (TPSA) is 122 Å². The van der Waals surface area contributed by atoms with Crippen molar-refractivity contribution >= 4 is 11.9 Å². The second kappa shape index (κ2) is 8.28. The fourth-order valence-corrected chi connectivity index (χ4v) is 2.05. The van der Waals surface area contributed by atoms with Crippen LogP contribution in [0, 0.1) is 5.92 Å². The van der Waals surface area contributed by atoms with Crippen molar-refractivity contribution in [2.75, 3.05) is 14.2 Å². The summed E-state index contributed by atoms with van der Waals surface area (Å²) in [6.45, 7) is 3.57. The number of rotatable bonds is 7. The first-order valence-corrected chi connectivity index (χ1v) is 7.15. The Morgan fingerprint density at radius 2 is 2.00 bits per heavy atom. The number of aromatic nitrogens is 2. The van der Waals surface area contributed by atoms with Crippen molar-refractivity contribution in [2.45, 2.75) is 32.5 Å². The van der Waals surface area contributed by atoms with E-state index in [1.807, 2.05) is 13.8 Å². The number of carbonyl (C=O) groups is 2. The van der Waals surface area contributed by atoms with Crippen molar-refractivity contribution in [1.29, 1.82) is 0 Å². The van der Waals surface area contributed by atoms with E-state index in [-0.39, 0.29) is 12.5 Å². The summed E-state index contributed by atoms with van der Waals surface area (Å²) in [7, 11) is 2.72. The molecule has 0 saturated carbocycles. The number of methoxy groups -OCH3 is 1. The van der Waals surface area contributed by atoms with Crippen LogP contribution in [-0.4, -0.2) is 47.7 Å².